The van der Waals surface area contributed by atoms with Crippen molar-refractivity contribution in [1.82, 2.24) is 15.2 Å². The molecule has 4 rings (SSSR count). The molecule has 1 aliphatic carbocycles. The summed E-state index contributed by atoms with van der Waals surface area (Å²) >= 11 is 0. The zero-order valence-corrected chi connectivity index (χ0v) is 17.6. The summed E-state index contributed by atoms with van der Waals surface area (Å²) in [6, 6.07) is 0.108. The van der Waals surface area contributed by atoms with E-state index in [4.69, 9.17) is 4.74 Å². The number of dihydropyridines is 1. The van der Waals surface area contributed by atoms with Crippen LogP contribution in [0.5, 0.6) is 0 Å². The fourth-order valence-corrected chi connectivity index (χ4v) is 3.81. The highest BCUT2D eigenvalue weighted by Gasteiger charge is 2.35. The lowest BCUT2D eigenvalue weighted by atomic mass is 10.0. The molecule has 0 radical (unpaired) electrons. The Hall–Kier alpha value is -3.22. The third kappa shape index (κ3) is 4.20. The van der Waals surface area contributed by atoms with Gasteiger partial charge in [-0.05, 0) is 45.0 Å². The first-order valence-corrected chi connectivity index (χ1v) is 10.3. The maximum absolute atomic E-state index is 13.1. The second-order valence-corrected chi connectivity index (χ2v) is 8.69. The Morgan fingerprint density at radius 3 is 2.77 bits per heavy atom. The Morgan fingerprint density at radius 2 is 2.10 bits per heavy atom. The van der Waals surface area contributed by atoms with Crippen LogP contribution in [0.25, 0.3) is 5.57 Å². The van der Waals surface area contributed by atoms with Crippen LogP contribution < -0.4 is 10.6 Å². The monoisotopic (exact) mass is 408 g/mol. The van der Waals surface area contributed by atoms with Crippen LogP contribution in [0.2, 0.25) is 0 Å². The minimum Gasteiger partial charge on any atom is -0.444 e. The molecule has 1 aromatic rings. The molecular formula is C23H28N4O3. The average Bonchev–Trinajstić information content (AvgIpc) is 3.07. The second kappa shape index (κ2) is 7.89. The van der Waals surface area contributed by atoms with Gasteiger partial charge in [-0.25, -0.2) is 4.79 Å². The standard InChI is InChI=1S/C23H28N4O3/c1-23(2,3)30-22(29)27-13-17-19(18(28)14-27)21(25-16-7-5-4-6-8-16)20(26-17)15-9-11-24-12-10-15/h4-7,9-11,16,24-26H,8,12-14H2,1-3H3. The fraction of sp³-hybridized carbons (Fsp3) is 0.391. The van der Waals surface area contributed by atoms with Gasteiger partial charge in [-0.2, -0.15) is 0 Å². The molecule has 7 heteroatoms. The Kier molecular flexibility index (Phi) is 5.28. The van der Waals surface area contributed by atoms with Gasteiger partial charge in [0, 0.05) is 18.3 Å². The molecule has 0 fully saturated rings. The number of aromatic nitrogens is 1. The van der Waals surface area contributed by atoms with E-state index in [1.807, 2.05) is 45.2 Å². The Bertz CT molecular complexity index is 975. The molecule has 2 aliphatic heterocycles. The molecule has 0 saturated heterocycles. The molecule has 158 valence electrons. The third-order valence-corrected chi connectivity index (χ3v) is 5.11. The Morgan fingerprint density at radius 1 is 1.27 bits per heavy atom. The number of amides is 1. The maximum Gasteiger partial charge on any atom is 0.411 e. The molecule has 7 nitrogen and oxygen atoms in total. The smallest absolute Gasteiger partial charge is 0.411 e. The van der Waals surface area contributed by atoms with Crippen molar-refractivity contribution in [3.05, 3.63) is 59.6 Å². The van der Waals surface area contributed by atoms with Gasteiger partial charge in [0.1, 0.15) is 5.60 Å². The molecule has 3 heterocycles. The summed E-state index contributed by atoms with van der Waals surface area (Å²) in [4.78, 5) is 30.6. The van der Waals surface area contributed by atoms with E-state index in [1.165, 1.54) is 4.90 Å². The molecule has 1 amide bonds. The number of fused-ring (bicyclic) bond motifs is 1. The van der Waals surface area contributed by atoms with E-state index in [0.29, 0.717) is 12.1 Å². The summed E-state index contributed by atoms with van der Waals surface area (Å²) < 4.78 is 5.47. The van der Waals surface area contributed by atoms with Crippen LogP contribution in [0.4, 0.5) is 10.5 Å². The van der Waals surface area contributed by atoms with Gasteiger partial charge in [-0.3, -0.25) is 9.69 Å². The normalized spacial score (nSPS) is 20.5. The van der Waals surface area contributed by atoms with E-state index >= 15 is 0 Å². The number of aromatic amines is 1. The number of nitrogens with one attached hydrogen (secondary N) is 3. The summed E-state index contributed by atoms with van der Waals surface area (Å²) in [6.07, 6.45) is 14.6. The number of ether oxygens (including phenoxy) is 1. The molecular weight excluding hydrogens is 380 g/mol. The van der Waals surface area contributed by atoms with Crippen molar-refractivity contribution >= 4 is 23.1 Å². The number of nitrogens with zero attached hydrogens (tertiary/aromatic N) is 1. The number of ketones is 1. The highest BCUT2D eigenvalue weighted by atomic mass is 16.6. The van der Waals surface area contributed by atoms with Crippen LogP contribution in [0.15, 0.2) is 42.7 Å². The van der Waals surface area contributed by atoms with Crippen molar-refractivity contribution in [1.29, 1.82) is 0 Å². The number of anilines is 1. The zero-order valence-electron chi connectivity index (χ0n) is 17.6. The lowest BCUT2D eigenvalue weighted by molar-refractivity contribution is 0.0218. The van der Waals surface area contributed by atoms with Gasteiger partial charge in [0.15, 0.2) is 5.78 Å². The van der Waals surface area contributed by atoms with Crippen molar-refractivity contribution in [2.75, 3.05) is 18.4 Å². The largest absolute Gasteiger partial charge is 0.444 e. The lowest BCUT2D eigenvalue weighted by Gasteiger charge is -2.29. The molecule has 0 saturated carbocycles. The summed E-state index contributed by atoms with van der Waals surface area (Å²) in [7, 11) is 0. The van der Waals surface area contributed by atoms with Gasteiger partial charge in [0.25, 0.3) is 0 Å². The number of carbonyl (C=O) groups is 2. The van der Waals surface area contributed by atoms with Crippen molar-refractivity contribution in [2.45, 2.75) is 45.4 Å². The van der Waals surface area contributed by atoms with Crippen molar-refractivity contribution in [2.24, 2.45) is 0 Å². The third-order valence-electron chi connectivity index (χ3n) is 5.11. The number of hydrogen-bond acceptors (Lipinski definition) is 5. The van der Waals surface area contributed by atoms with E-state index in [-0.39, 0.29) is 18.4 Å². The lowest BCUT2D eigenvalue weighted by Crippen LogP contribution is -2.42. The summed E-state index contributed by atoms with van der Waals surface area (Å²) in [6.45, 7) is 6.49. The molecule has 0 spiro atoms. The van der Waals surface area contributed by atoms with E-state index in [9.17, 15) is 9.59 Å². The van der Waals surface area contributed by atoms with E-state index in [2.05, 4.69) is 33.8 Å². The number of rotatable bonds is 3. The van der Waals surface area contributed by atoms with Gasteiger partial charge in [-0.15, -0.1) is 0 Å². The van der Waals surface area contributed by atoms with Crippen LogP contribution in [-0.2, 0) is 11.3 Å². The van der Waals surface area contributed by atoms with E-state index in [1.54, 1.807) is 0 Å². The van der Waals surface area contributed by atoms with Crippen molar-refractivity contribution in [3.63, 3.8) is 0 Å². The maximum atomic E-state index is 13.1. The number of allylic oxidation sites excluding steroid dienone is 4. The second-order valence-electron chi connectivity index (χ2n) is 8.69. The van der Waals surface area contributed by atoms with Crippen LogP contribution in [0.3, 0.4) is 0 Å². The number of Topliss-reactive ketones (excluding diaryl/α,β-unsaturated/α-hetero) is 1. The molecule has 30 heavy (non-hydrogen) atoms. The first-order valence-electron chi connectivity index (χ1n) is 10.3. The summed E-state index contributed by atoms with van der Waals surface area (Å²) in [5.41, 5.74) is 3.46. The average molecular weight is 409 g/mol. The molecule has 0 aromatic carbocycles. The predicted octanol–water partition coefficient (Wildman–Crippen LogP) is 3.75. The topological polar surface area (TPSA) is 86.5 Å². The minimum absolute atomic E-state index is 0.00470. The summed E-state index contributed by atoms with van der Waals surface area (Å²) in [5.74, 6) is -0.0963. The SMILES string of the molecule is CC(C)(C)OC(=O)N1CC(=O)c2c([nH]c(C3=CCNC=C3)c2NC2C=CC=CC2)C1. The molecule has 1 atom stereocenters. The first-order chi connectivity index (χ1) is 14.3. The Labute approximate surface area is 176 Å². The first kappa shape index (κ1) is 20.1. The molecule has 3 N–H and O–H groups in total. The zero-order chi connectivity index (χ0) is 21.3. The van der Waals surface area contributed by atoms with Gasteiger partial charge >= 0.3 is 6.09 Å². The van der Waals surface area contributed by atoms with Crippen molar-refractivity contribution < 1.29 is 14.3 Å². The number of H-pyrrole nitrogens is 1. The van der Waals surface area contributed by atoms with Crippen molar-refractivity contribution in [3.8, 4) is 0 Å². The highest BCUT2D eigenvalue weighted by molar-refractivity contribution is 6.08. The molecule has 1 aromatic heterocycles. The molecule has 0 bridgehead atoms. The van der Waals surface area contributed by atoms with E-state index in [0.717, 1.165) is 35.6 Å². The minimum atomic E-state index is -0.612. The highest BCUT2D eigenvalue weighted by Crippen LogP contribution is 2.36. The van der Waals surface area contributed by atoms with Gasteiger partial charge in [0.05, 0.1) is 30.0 Å². The van der Waals surface area contributed by atoms with Crippen LogP contribution in [0.1, 0.15) is 48.9 Å². The van der Waals surface area contributed by atoms with Gasteiger partial charge in [-0.1, -0.05) is 30.4 Å². The molecule has 3 aliphatic rings. The number of carbonyl (C=O) groups excluding carboxylic acids is 2. The van der Waals surface area contributed by atoms with Gasteiger partial charge in [0.2, 0.25) is 0 Å². The fourth-order valence-electron chi connectivity index (χ4n) is 3.81. The van der Waals surface area contributed by atoms with Crippen LogP contribution in [-0.4, -0.2) is 46.5 Å². The Balaban J connectivity index is 1.68. The van der Waals surface area contributed by atoms with E-state index < -0.39 is 11.7 Å². The van der Waals surface area contributed by atoms with Crippen LogP contribution in [0, 0.1) is 0 Å². The number of hydrogen-bond donors (Lipinski definition) is 3. The molecule has 1 unspecified atom stereocenters. The van der Waals surface area contributed by atoms with Crippen LogP contribution >= 0.6 is 0 Å². The predicted molar refractivity (Wildman–Crippen MR) is 117 cm³/mol. The summed E-state index contributed by atoms with van der Waals surface area (Å²) in [5, 5.41) is 6.70. The van der Waals surface area contributed by atoms with Gasteiger partial charge < -0.3 is 20.4 Å². The quantitative estimate of drug-likeness (QED) is 0.709.